The number of rotatable bonds is 2. The maximum atomic E-state index is 14.2. The molecular formula is C15H13F2N3O. The van der Waals surface area contributed by atoms with E-state index < -0.39 is 11.6 Å². The van der Waals surface area contributed by atoms with Crippen molar-refractivity contribution >= 4 is 17.0 Å². The standard InChI is InChI=1S/C15H13F2N3O/c1-8-5-11(17)14(7-10(8)16)20-13-4-3-9(21-2)6-12(13)19-15(20)18/h3-7H,1-2H3,(H2,18,19). The number of ether oxygens (including phenoxy) is 1. The van der Waals surface area contributed by atoms with E-state index in [1.807, 2.05) is 0 Å². The van der Waals surface area contributed by atoms with Crippen molar-refractivity contribution in [2.45, 2.75) is 6.92 Å². The van der Waals surface area contributed by atoms with Gasteiger partial charge in [-0.15, -0.1) is 0 Å². The van der Waals surface area contributed by atoms with Gasteiger partial charge in [-0.2, -0.15) is 0 Å². The van der Waals surface area contributed by atoms with Gasteiger partial charge in [0, 0.05) is 12.1 Å². The Morgan fingerprint density at radius 3 is 2.62 bits per heavy atom. The number of nitrogen functional groups attached to an aromatic ring is 1. The van der Waals surface area contributed by atoms with E-state index in [0.717, 1.165) is 12.1 Å². The number of nitrogens with two attached hydrogens (primary N) is 1. The molecule has 0 amide bonds. The average Bonchev–Trinajstić information content (AvgIpc) is 2.77. The summed E-state index contributed by atoms with van der Waals surface area (Å²) in [6, 6.07) is 7.35. The summed E-state index contributed by atoms with van der Waals surface area (Å²) in [5.74, 6) is -0.361. The first-order valence-corrected chi connectivity index (χ1v) is 6.29. The van der Waals surface area contributed by atoms with Gasteiger partial charge in [0.25, 0.3) is 0 Å². The molecule has 0 fully saturated rings. The molecule has 0 aliphatic rings. The number of hydrogen-bond donors (Lipinski definition) is 1. The van der Waals surface area contributed by atoms with Gasteiger partial charge in [-0.25, -0.2) is 13.8 Å². The fourth-order valence-corrected chi connectivity index (χ4v) is 2.27. The molecule has 3 aromatic rings. The number of nitrogens with zero attached hydrogens (tertiary/aromatic N) is 2. The Bertz CT molecular complexity index is 843. The van der Waals surface area contributed by atoms with Gasteiger partial charge >= 0.3 is 0 Å². The van der Waals surface area contributed by atoms with E-state index in [2.05, 4.69) is 4.98 Å². The van der Waals surface area contributed by atoms with Crippen molar-refractivity contribution in [1.29, 1.82) is 0 Å². The molecule has 0 atom stereocenters. The fourth-order valence-electron chi connectivity index (χ4n) is 2.27. The minimum Gasteiger partial charge on any atom is -0.497 e. The molecule has 0 saturated heterocycles. The summed E-state index contributed by atoms with van der Waals surface area (Å²) in [4.78, 5) is 4.16. The topological polar surface area (TPSA) is 53.1 Å². The molecule has 0 aliphatic heterocycles. The van der Waals surface area contributed by atoms with Crippen molar-refractivity contribution in [3.05, 3.63) is 47.5 Å². The van der Waals surface area contributed by atoms with Crippen molar-refractivity contribution < 1.29 is 13.5 Å². The molecule has 1 aromatic heterocycles. The molecule has 2 aromatic carbocycles. The lowest BCUT2D eigenvalue weighted by atomic mass is 10.2. The van der Waals surface area contributed by atoms with Crippen molar-refractivity contribution in [2.75, 3.05) is 12.8 Å². The van der Waals surface area contributed by atoms with Crippen molar-refractivity contribution in [3.63, 3.8) is 0 Å². The highest BCUT2D eigenvalue weighted by Gasteiger charge is 2.16. The Balaban J connectivity index is 2.30. The van der Waals surface area contributed by atoms with Crippen LogP contribution in [0.2, 0.25) is 0 Å². The molecule has 2 N–H and O–H groups in total. The minimum atomic E-state index is -0.560. The Hall–Kier alpha value is -2.63. The molecule has 21 heavy (non-hydrogen) atoms. The second-order valence-corrected chi connectivity index (χ2v) is 4.71. The van der Waals surface area contributed by atoms with Gasteiger partial charge in [0.15, 0.2) is 0 Å². The molecule has 0 radical (unpaired) electrons. The molecule has 0 saturated carbocycles. The minimum absolute atomic E-state index is 0.0308. The van der Waals surface area contributed by atoms with Gasteiger partial charge in [-0.3, -0.25) is 4.57 Å². The lowest BCUT2D eigenvalue weighted by molar-refractivity contribution is 0.415. The number of hydrogen-bond acceptors (Lipinski definition) is 3. The second kappa shape index (κ2) is 4.73. The van der Waals surface area contributed by atoms with E-state index in [4.69, 9.17) is 10.5 Å². The van der Waals surface area contributed by atoms with Crippen LogP contribution in [0.15, 0.2) is 30.3 Å². The van der Waals surface area contributed by atoms with Crippen LogP contribution in [0.25, 0.3) is 16.7 Å². The zero-order valence-corrected chi connectivity index (χ0v) is 11.5. The van der Waals surface area contributed by atoms with E-state index in [-0.39, 0.29) is 17.2 Å². The maximum absolute atomic E-state index is 14.2. The Labute approximate surface area is 119 Å². The summed E-state index contributed by atoms with van der Waals surface area (Å²) >= 11 is 0. The number of anilines is 1. The van der Waals surface area contributed by atoms with Gasteiger partial charge < -0.3 is 10.5 Å². The number of aryl methyl sites for hydroxylation is 1. The van der Waals surface area contributed by atoms with E-state index in [0.29, 0.717) is 16.8 Å². The summed E-state index contributed by atoms with van der Waals surface area (Å²) in [5.41, 5.74) is 7.25. The molecule has 108 valence electrons. The number of methoxy groups -OCH3 is 1. The monoisotopic (exact) mass is 289 g/mol. The first-order chi connectivity index (χ1) is 10.0. The van der Waals surface area contributed by atoms with Crippen LogP contribution in [0.5, 0.6) is 5.75 Å². The smallest absolute Gasteiger partial charge is 0.206 e. The van der Waals surface area contributed by atoms with E-state index in [1.165, 1.54) is 18.6 Å². The van der Waals surface area contributed by atoms with Crippen molar-refractivity contribution in [3.8, 4) is 11.4 Å². The number of halogens is 2. The molecule has 1 heterocycles. The average molecular weight is 289 g/mol. The fraction of sp³-hybridized carbons (Fsp3) is 0.133. The second-order valence-electron chi connectivity index (χ2n) is 4.71. The Morgan fingerprint density at radius 1 is 1.14 bits per heavy atom. The summed E-state index contributed by atoms with van der Waals surface area (Å²) in [6.45, 7) is 1.50. The zero-order valence-electron chi connectivity index (χ0n) is 11.5. The number of aromatic nitrogens is 2. The van der Waals surface area contributed by atoms with Gasteiger partial charge in [0.2, 0.25) is 5.95 Å². The van der Waals surface area contributed by atoms with E-state index >= 15 is 0 Å². The molecule has 0 spiro atoms. The maximum Gasteiger partial charge on any atom is 0.206 e. The largest absolute Gasteiger partial charge is 0.497 e. The van der Waals surface area contributed by atoms with Crippen LogP contribution in [0.3, 0.4) is 0 Å². The van der Waals surface area contributed by atoms with Gasteiger partial charge in [-0.1, -0.05) is 0 Å². The quantitative estimate of drug-likeness (QED) is 0.788. The van der Waals surface area contributed by atoms with E-state index in [1.54, 1.807) is 18.2 Å². The summed E-state index contributed by atoms with van der Waals surface area (Å²) in [7, 11) is 1.54. The third-order valence-electron chi connectivity index (χ3n) is 3.36. The predicted octanol–water partition coefficient (Wildman–Crippen LogP) is 3.20. The zero-order chi connectivity index (χ0) is 15.1. The van der Waals surface area contributed by atoms with Crippen LogP contribution in [-0.2, 0) is 0 Å². The van der Waals surface area contributed by atoms with Crippen LogP contribution in [0.4, 0.5) is 14.7 Å². The molecular weight excluding hydrogens is 276 g/mol. The van der Waals surface area contributed by atoms with Crippen molar-refractivity contribution in [2.24, 2.45) is 0 Å². The van der Waals surface area contributed by atoms with Crippen LogP contribution in [0, 0.1) is 18.6 Å². The predicted molar refractivity (Wildman–Crippen MR) is 76.7 cm³/mol. The van der Waals surface area contributed by atoms with Gasteiger partial charge in [-0.05, 0) is 30.7 Å². The highest BCUT2D eigenvalue weighted by atomic mass is 19.1. The van der Waals surface area contributed by atoms with E-state index in [9.17, 15) is 8.78 Å². The SMILES string of the molecule is COc1ccc2c(c1)nc(N)n2-c1cc(F)c(C)cc1F. The third-order valence-corrected chi connectivity index (χ3v) is 3.36. The molecule has 4 nitrogen and oxygen atoms in total. The number of fused-ring (bicyclic) bond motifs is 1. The molecule has 3 rings (SSSR count). The first-order valence-electron chi connectivity index (χ1n) is 6.29. The van der Waals surface area contributed by atoms with Crippen LogP contribution in [0.1, 0.15) is 5.56 Å². The highest BCUT2D eigenvalue weighted by molar-refractivity contribution is 5.82. The first kappa shape index (κ1) is 13.4. The van der Waals surface area contributed by atoms with Crippen LogP contribution < -0.4 is 10.5 Å². The normalized spacial score (nSPS) is 11.0. The highest BCUT2D eigenvalue weighted by Crippen LogP contribution is 2.28. The van der Waals surface area contributed by atoms with Crippen molar-refractivity contribution in [1.82, 2.24) is 9.55 Å². The molecule has 0 aliphatic carbocycles. The van der Waals surface area contributed by atoms with Crippen LogP contribution in [-0.4, -0.2) is 16.7 Å². The summed E-state index contributed by atoms with van der Waals surface area (Å²) in [6.07, 6.45) is 0. The Kier molecular flexibility index (Phi) is 3.01. The van der Waals surface area contributed by atoms with Gasteiger partial charge in [0.05, 0.1) is 23.8 Å². The summed E-state index contributed by atoms with van der Waals surface area (Å²) in [5, 5.41) is 0. The number of imidazole rings is 1. The van der Waals surface area contributed by atoms with Crippen LogP contribution >= 0.6 is 0 Å². The molecule has 0 unspecified atom stereocenters. The third kappa shape index (κ3) is 2.08. The lowest BCUT2D eigenvalue weighted by Gasteiger charge is -2.09. The Morgan fingerprint density at radius 2 is 1.90 bits per heavy atom. The lowest BCUT2D eigenvalue weighted by Crippen LogP contribution is -2.04. The molecule has 0 bridgehead atoms. The van der Waals surface area contributed by atoms with Gasteiger partial charge in [0.1, 0.15) is 17.4 Å². The summed E-state index contributed by atoms with van der Waals surface area (Å²) < 4.78 is 34.4. The molecule has 6 heteroatoms. The number of benzene rings is 2.